The third-order valence-corrected chi connectivity index (χ3v) is 3.48. The molecule has 0 unspecified atom stereocenters. The molecule has 0 bridgehead atoms. The van der Waals surface area contributed by atoms with E-state index in [0.717, 1.165) is 0 Å². The molecule has 0 spiro atoms. The fraction of sp³-hybridized carbons (Fsp3) is 0.0667. The fourth-order valence-electron chi connectivity index (χ4n) is 1.75. The second-order valence-corrected chi connectivity index (χ2v) is 5.33. The van der Waals surface area contributed by atoms with Crippen LogP contribution in [0.15, 0.2) is 47.6 Å². The SMILES string of the molecule is COc1ccc(N/N=C(/C(=O)c2ccc(Cl)cc2Cl)[N+](=O)[O-])cc1. The summed E-state index contributed by atoms with van der Waals surface area (Å²) in [4.78, 5) is 22.5. The van der Waals surface area contributed by atoms with Crippen molar-refractivity contribution in [2.45, 2.75) is 0 Å². The van der Waals surface area contributed by atoms with Gasteiger partial charge in [0, 0.05) is 10.6 Å². The first-order valence-corrected chi connectivity index (χ1v) is 7.30. The molecule has 0 aliphatic rings. The summed E-state index contributed by atoms with van der Waals surface area (Å²) in [6.07, 6.45) is 0. The standard InChI is InChI=1S/C15H11Cl2N3O4/c1-24-11-5-3-10(4-6-11)18-19-15(20(22)23)14(21)12-7-2-9(16)8-13(12)17/h2-8,18H,1H3/b19-15-. The average molecular weight is 368 g/mol. The molecule has 0 fully saturated rings. The van der Waals surface area contributed by atoms with Crippen molar-refractivity contribution in [2.24, 2.45) is 5.10 Å². The number of Topliss-reactive ketones (excluding diaryl/α,β-unsaturated/α-hetero) is 1. The molecule has 0 aromatic heterocycles. The second-order valence-electron chi connectivity index (χ2n) is 4.49. The first-order chi connectivity index (χ1) is 11.4. The number of anilines is 1. The zero-order chi connectivity index (χ0) is 17.7. The largest absolute Gasteiger partial charge is 0.497 e. The number of methoxy groups -OCH3 is 1. The topological polar surface area (TPSA) is 93.8 Å². The average Bonchev–Trinajstić information content (AvgIpc) is 2.55. The summed E-state index contributed by atoms with van der Waals surface area (Å²) in [7, 11) is 1.51. The van der Waals surface area contributed by atoms with Crippen molar-refractivity contribution in [1.82, 2.24) is 0 Å². The van der Waals surface area contributed by atoms with E-state index in [0.29, 0.717) is 16.5 Å². The van der Waals surface area contributed by atoms with Gasteiger partial charge in [0.05, 0.1) is 22.9 Å². The van der Waals surface area contributed by atoms with Crippen LogP contribution in [0.4, 0.5) is 5.69 Å². The van der Waals surface area contributed by atoms with Gasteiger partial charge in [-0.3, -0.25) is 4.79 Å². The van der Waals surface area contributed by atoms with E-state index in [1.54, 1.807) is 24.3 Å². The minimum atomic E-state index is -0.928. The van der Waals surface area contributed by atoms with Crippen molar-refractivity contribution in [3.05, 3.63) is 68.2 Å². The number of hydrazone groups is 1. The fourth-order valence-corrected chi connectivity index (χ4v) is 2.25. The van der Waals surface area contributed by atoms with Crippen LogP contribution in [0, 0.1) is 10.1 Å². The third-order valence-electron chi connectivity index (χ3n) is 2.93. The quantitative estimate of drug-likeness (QED) is 0.284. The third kappa shape index (κ3) is 4.21. The van der Waals surface area contributed by atoms with Gasteiger partial charge >= 0.3 is 5.84 Å². The normalized spacial score (nSPS) is 11.0. The Kier molecular flexibility index (Phi) is 5.73. The first kappa shape index (κ1) is 17.7. The molecular weight excluding hydrogens is 357 g/mol. The van der Waals surface area contributed by atoms with Crippen LogP contribution in [0.25, 0.3) is 0 Å². The molecule has 0 aliphatic carbocycles. The molecule has 0 saturated heterocycles. The summed E-state index contributed by atoms with van der Waals surface area (Å²) in [6, 6.07) is 10.5. The summed E-state index contributed by atoms with van der Waals surface area (Å²) in [5.41, 5.74) is 2.85. The van der Waals surface area contributed by atoms with E-state index in [4.69, 9.17) is 27.9 Å². The maximum atomic E-state index is 12.3. The van der Waals surface area contributed by atoms with Gasteiger partial charge in [-0.25, -0.2) is 0 Å². The van der Waals surface area contributed by atoms with Crippen molar-refractivity contribution < 1.29 is 14.5 Å². The van der Waals surface area contributed by atoms with E-state index in [1.165, 1.54) is 25.3 Å². The summed E-state index contributed by atoms with van der Waals surface area (Å²) in [5.74, 6) is -1.21. The molecule has 124 valence electrons. The predicted molar refractivity (Wildman–Crippen MR) is 91.8 cm³/mol. The Morgan fingerprint density at radius 2 is 1.88 bits per heavy atom. The molecule has 9 heteroatoms. The van der Waals surface area contributed by atoms with Crippen molar-refractivity contribution in [1.29, 1.82) is 0 Å². The first-order valence-electron chi connectivity index (χ1n) is 6.54. The number of amidine groups is 1. The highest BCUT2D eigenvalue weighted by Gasteiger charge is 2.28. The van der Waals surface area contributed by atoms with Gasteiger partial charge in [0.2, 0.25) is 0 Å². The number of carbonyl (C=O) groups is 1. The van der Waals surface area contributed by atoms with E-state index in [9.17, 15) is 14.9 Å². The van der Waals surface area contributed by atoms with Crippen molar-refractivity contribution in [3.63, 3.8) is 0 Å². The van der Waals surface area contributed by atoms with Crippen LogP contribution < -0.4 is 10.2 Å². The Labute approximate surface area is 147 Å². The molecule has 0 radical (unpaired) electrons. The number of nitrogens with one attached hydrogen (secondary N) is 1. The zero-order valence-corrected chi connectivity index (χ0v) is 13.8. The number of hydrogen-bond acceptors (Lipinski definition) is 6. The molecule has 0 atom stereocenters. The molecule has 0 heterocycles. The van der Waals surface area contributed by atoms with Gasteiger partial charge in [-0.1, -0.05) is 23.2 Å². The van der Waals surface area contributed by atoms with E-state index in [-0.39, 0.29) is 10.6 Å². The maximum Gasteiger partial charge on any atom is 0.436 e. The minimum absolute atomic E-state index is 0.00602. The Hall–Kier alpha value is -2.64. The number of carbonyl (C=O) groups excluding carboxylic acids is 1. The Balaban J connectivity index is 2.27. The van der Waals surface area contributed by atoms with E-state index < -0.39 is 16.5 Å². The molecule has 0 saturated carbocycles. The number of nitrogens with zero attached hydrogens (tertiary/aromatic N) is 2. The van der Waals surface area contributed by atoms with Gasteiger partial charge < -0.3 is 14.9 Å². The van der Waals surface area contributed by atoms with Gasteiger partial charge in [0.1, 0.15) is 5.75 Å². The van der Waals surface area contributed by atoms with E-state index in [1.807, 2.05) is 0 Å². The molecule has 0 amide bonds. The van der Waals surface area contributed by atoms with Crippen LogP contribution >= 0.6 is 23.2 Å². The van der Waals surface area contributed by atoms with Crippen LogP contribution in [0.3, 0.4) is 0 Å². The Morgan fingerprint density at radius 1 is 1.21 bits per heavy atom. The van der Waals surface area contributed by atoms with Crippen LogP contribution in [0.2, 0.25) is 10.0 Å². The van der Waals surface area contributed by atoms with E-state index in [2.05, 4.69) is 10.5 Å². The summed E-state index contributed by atoms with van der Waals surface area (Å²) in [5, 5.41) is 15.0. The number of ketones is 1. The van der Waals surface area contributed by atoms with Crippen LogP contribution in [-0.2, 0) is 0 Å². The van der Waals surface area contributed by atoms with Gasteiger partial charge in [-0.15, -0.1) is 0 Å². The number of nitro groups is 1. The monoisotopic (exact) mass is 367 g/mol. The van der Waals surface area contributed by atoms with Crippen molar-refractivity contribution in [3.8, 4) is 5.75 Å². The molecule has 24 heavy (non-hydrogen) atoms. The van der Waals surface area contributed by atoms with Gasteiger partial charge in [-0.05, 0) is 47.4 Å². The molecule has 2 aromatic carbocycles. The minimum Gasteiger partial charge on any atom is -0.497 e. The lowest BCUT2D eigenvalue weighted by atomic mass is 10.1. The Bertz CT molecular complexity index is 807. The van der Waals surface area contributed by atoms with Crippen molar-refractivity contribution >= 4 is 40.5 Å². The maximum absolute atomic E-state index is 12.3. The number of halogens is 2. The smallest absolute Gasteiger partial charge is 0.436 e. The summed E-state index contributed by atoms with van der Waals surface area (Å²) in [6.45, 7) is 0. The lowest BCUT2D eigenvalue weighted by Crippen LogP contribution is -2.25. The van der Waals surface area contributed by atoms with Gasteiger partial charge in [0.25, 0.3) is 5.78 Å². The van der Waals surface area contributed by atoms with Crippen LogP contribution in [-0.4, -0.2) is 23.7 Å². The summed E-state index contributed by atoms with van der Waals surface area (Å²) < 4.78 is 5.00. The van der Waals surface area contributed by atoms with E-state index >= 15 is 0 Å². The highest BCUT2D eigenvalue weighted by Crippen LogP contribution is 2.22. The predicted octanol–water partition coefficient (Wildman–Crippen LogP) is 3.89. The highest BCUT2D eigenvalue weighted by molar-refractivity contribution is 6.47. The van der Waals surface area contributed by atoms with Gasteiger partial charge in [0.15, 0.2) is 0 Å². The number of hydrogen-bond donors (Lipinski definition) is 1. The van der Waals surface area contributed by atoms with Crippen molar-refractivity contribution in [2.75, 3.05) is 12.5 Å². The summed E-state index contributed by atoms with van der Waals surface area (Å²) >= 11 is 11.7. The lowest BCUT2D eigenvalue weighted by molar-refractivity contribution is -0.347. The zero-order valence-electron chi connectivity index (χ0n) is 12.3. The van der Waals surface area contributed by atoms with Gasteiger partial charge in [-0.2, -0.15) is 5.43 Å². The molecule has 2 aromatic rings. The highest BCUT2D eigenvalue weighted by atomic mass is 35.5. The number of benzene rings is 2. The van der Waals surface area contributed by atoms with Crippen LogP contribution in [0.5, 0.6) is 5.75 Å². The number of rotatable bonds is 5. The number of ether oxygens (including phenoxy) is 1. The molecular formula is C15H11Cl2N3O4. The molecule has 2 rings (SSSR count). The molecule has 0 aliphatic heterocycles. The second kappa shape index (κ2) is 7.76. The lowest BCUT2D eigenvalue weighted by Gasteiger charge is -2.03. The van der Waals surface area contributed by atoms with Crippen LogP contribution in [0.1, 0.15) is 10.4 Å². The molecule has 7 nitrogen and oxygen atoms in total. The Morgan fingerprint density at radius 3 is 2.42 bits per heavy atom. The molecule has 1 N–H and O–H groups in total.